The van der Waals surface area contributed by atoms with E-state index in [-0.39, 0.29) is 17.3 Å². The van der Waals surface area contributed by atoms with Crippen molar-refractivity contribution >= 4 is 39.3 Å². The highest BCUT2D eigenvalue weighted by molar-refractivity contribution is 9.10. The summed E-state index contributed by atoms with van der Waals surface area (Å²) >= 11 is 4.42. The smallest absolute Gasteiger partial charge is 0.234 e. The van der Waals surface area contributed by atoms with Gasteiger partial charge in [-0.05, 0) is 42.5 Å². The lowest BCUT2D eigenvalue weighted by Crippen LogP contribution is -2.15. The third kappa shape index (κ3) is 4.58. The van der Waals surface area contributed by atoms with Gasteiger partial charge in [-0.15, -0.1) is 10.2 Å². The van der Waals surface area contributed by atoms with Crippen LogP contribution in [0.1, 0.15) is 0 Å². The van der Waals surface area contributed by atoms with E-state index in [4.69, 9.17) is 0 Å². The fourth-order valence-corrected chi connectivity index (χ4v) is 3.85. The Morgan fingerprint density at radius 3 is 2.67 bits per heavy atom. The summed E-state index contributed by atoms with van der Waals surface area (Å²) in [6, 6.07) is 17.8. The molecule has 0 radical (unpaired) electrons. The van der Waals surface area contributed by atoms with Crippen molar-refractivity contribution in [3.05, 3.63) is 83.3 Å². The maximum absolute atomic E-state index is 14.0. The van der Waals surface area contributed by atoms with Crippen LogP contribution in [0.15, 0.2) is 82.7 Å². The molecule has 30 heavy (non-hydrogen) atoms. The normalized spacial score (nSPS) is 10.7. The number of aromatic nitrogens is 4. The number of para-hydroxylation sites is 1. The predicted octanol–water partition coefficient (Wildman–Crippen LogP) is 4.96. The molecule has 1 amide bonds. The highest BCUT2D eigenvalue weighted by Crippen LogP contribution is 2.28. The van der Waals surface area contributed by atoms with Crippen LogP contribution in [0.2, 0.25) is 0 Å². The van der Waals surface area contributed by atoms with Crippen molar-refractivity contribution in [2.75, 3.05) is 11.1 Å². The van der Waals surface area contributed by atoms with Crippen LogP contribution in [-0.2, 0) is 4.79 Å². The second kappa shape index (κ2) is 9.19. The van der Waals surface area contributed by atoms with E-state index >= 15 is 0 Å². The largest absolute Gasteiger partial charge is 0.323 e. The average Bonchev–Trinajstić information content (AvgIpc) is 3.19. The molecule has 0 aliphatic carbocycles. The molecule has 2 aromatic heterocycles. The number of carbonyl (C=O) groups excluding carboxylic acids is 1. The second-order valence-corrected chi connectivity index (χ2v) is 8.04. The van der Waals surface area contributed by atoms with E-state index in [1.54, 1.807) is 18.5 Å². The molecule has 0 unspecified atom stereocenters. The zero-order valence-electron chi connectivity index (χ0n) is 15.5. The van der Waals surface area contributed by atoms with E-state index in [0.29, 0.717) is 15.5 Å². The van der Waals surface area contributed by atoms with Crippen molar-refractivity contribution in [3.8, 4) is 17.1 Å². The molecule has 6 nitrogen and oxygen atoms in total. The molecule has 9 heteroatoms. The van der Waals surface area contributed by atoms with Crippen molar-refractivity contribution in [2.24, 2.45) is 0 Å². The Kier molecular flexibility index (Phi) is 6.20. The zero-order chi connectivity index (χ0) is 20.9. The maximum atomic E-state index is 14.0. The molecule has 0 aliphatic rings. The van der Waals surface area contributed by atoms with Crippen molar-refractivity contribution in [2.45, 2.75) is 5.16 Å². The van der Waals surface area contributed by atoms with E-state index in [0.717, 1.165) is 11.3 Å². The molecule has 0 spiro atoms. The van der Waals surface area contributed by atoms with Gasteiger partial charge in [0.2, 0.25) is 5.91 Å². The number of halogens is 2. The van der Waals surface area contributed by atoms with Gasteiger partial charge in [-0.3, -0.25) is 14.3 Å². The highest BCUT2D eigenvalue weighted by atomic mass is 79.9. The molecule has 0 fully saturated rings. The van der Waals surface area contributed by atoms with Crippen LogP contribution in [0.25, 0.3) is 17.1 Å². The summed E-state index contributed by atoms with van der Waals surface area (Å²) in [5.41, 5.74) is 1.80. The van der Waals surface area contributed by atoms with Crippen LogP contribution in [-0.4, -0.2) is 31.4 Å². The quantitative estimate of drug-likeness (QED) is 0.392. The maximum Gasteiger partial charge on any atom is 0.234 e. The third-order valence-corrected chi connectivity index (χ3v) is 5.53. The Hall–Kier alpha value is -3.04. The number of nitrogens with zero attached hydrogens (tertiary/aromatic N) is 4. The summed E-state index contributed by atoms with van der Waals surface area (Å²) in [5.74, 6) is -0.176. The van der Waals surface area contributed by atoms with E-state index in [1.807, 2.05) is 47.0 Å². The van der Waals surface area contributed by atoms with E-state index in [9.17, 15) is 9.18 Å². The number of rotatable bonds is 6. The van der Waals surface area contributed by atoms with Gasteiger partial charge in [-0.1, -0.05) is 45.9 Å². The number of hydrogen-bond donors (Lipinski definition) is 1. The second-order valence-electron chi connectivity index (χ2n) is 6.18. The summed E-state index contributed by atoms with van der Waals surface area (Å²) in [6.45, 7) is 0. The number of thioether (sulfide) groups is 1. The fourth-order valence-electron chi connectivity index (χ4n) is 2.76. The molecule has 0 atom stereocenters. The van der Waals surface area contributed by atoms with Crippen molar-refractivity contribution in [1.82, 2.24) is 19.7 Å². The van der Waals surface area contributed by atoms with Gasteiger partial charge in [0.15, 0.2) is 11.0 Å². The third-order valence-electron chi connectivity index (χ3n) is 4.11. The molecule has 1 N–H and O–H groups in total. The van der Waals surface area contributed by atoms with Crippen LogP contribution in [0.3, 0.4) is 0 Å². The Morgan fingerprint density at radius 1 is 1.10 bits per heavy atom. The first-order valence-electron chi connectivity index (χ1n) is 8.91. The summed E-state index contributed by atoms with van der Waals surface area (Å²) in [5, 5.41) is 11.7. The lowest BCUT2D eigenvalue weighted by Gasteiger charge is -2.10. The van der Waals surface area contributed by atoms with Crippen LogP contribution in [0.5, 0.6) is 0 Å². The molecular weight excluding hydrogens is 469 g/mol. The molecule has 150 valence electrons. The lowest BCUT2D eigenvalue weighted by atomic mass is 10.2. The van der Waals surface area contributed by atoms with Crippen LogP contribution in [0.4, 0.5) is 10.1 Å². The number of hydrogen-bond acceptors (Lipinski definition) is 5. The van der Waals surface area contributed by atoms with E-state index in [2.05, 4.69) is 36.4 Å². The predicted molar refractivity (Wildman–Crippen MR) is 118 cm³/mol. The summed E-state index contributed by atoms with van der Waals surface area (Å²) in [7, 11) is 0. The minimum absolute atomic E-state index is 0.0491. The molecule has 0 bridgehead atoms. The van der Waals surface area contributed by atoms with Crippen LogP contribution in [0, 0.1) is 5.82 Å². The first kappa shape index (κ1) is 20.2. The number of pyridine rings is 1. The van der Waals surface area contributed by atoms with Gasteiger partial charge in [0.05, 0.1) is 11.4 Å². The van der Waals surface area contributed by atoms with Crippen molar-refractivity contribution in [3.63, 3.8) is 0 Å². The monoisotopic (exact) mass is 483 g/mol. The SMILES string of the molecule is O=C(CSc1nnc(-c2cccnc2)n1-c1ccccc1)Nc1ccc(Br)cc1F. The number of carbonyl (C=O) groups is 1. The van der Waals surface area contributed by atoms with Gasteiger partial charge in [0, 0.05) is 28.1 Å². The van der Waals surface area contributed by atoms with Crippen molar-refractivity contribution < 1.29 is 9.18 Å². The van der Waals surface area contributed by atoms with E-state index < -0.39 is 5.82 Å². The van der Waals surface area contributed by atoms with Crippen LogP contribution >= 0.6 is 27.7 Å². The summed E-state index contributed by atoms with van der Waals surface area (Å²) in [4.78, 5) is 16.5. The molecule has 0 saturated carbocycles. The van der Waals surface area contributed by atoms with Gasteiger partial charge in [-0.25, -0.2) is 4.39 Å². The van der Waals surface area contributed by atoms with Gasteiger partial charge in [0.1, 0.15) is 5.82 Å². The van der Waals surface area contributed by atoms with E-state index in [1.165, 1.54) is 23.9 Å². The fraction of sp³-hybridized carbons (Fsp3) is 0.0476. The number of anilines is 1. The molecule has 4 aromatic rings. The molecule has 4 rings (SSSR count). The highest BCUT2D eigenvalue weighted by Gasteiger charge is 2.17. The minimum Gasteiger partial charge on any atom is -0.323 e. The average molecular weight is 484 g/mol. The molecule has 2 heterocycles. The first-order chi connectivity index (χ1) is 14.6. The van der Waals surface area contributed by atoms with Crippen LogP contribution < -0.4 is 5.32 Å². The minimum atomic E-state index is -0.506. The molecular formula is C21H15BrFN5OS. The Balaban J connectivity index is 1.57. The van der Waals surface area contributed by atoms with Gasteiger partial charge < -0.3 is 5.32 Å². The Bertz CT molecular complexity index is 1170. The molecule has 0 saturated heterocycles. The van der Waals surface area contributed by atoms with Gasteiger partial charge in [0.25, 0.3) is 0 Å². The number of benzene rings is 2. The topological polar surface area (TPSA) is 72.7 Å². The Labute approximate surface area is 184 Å². The summed E-state index contributed by atoms with van der Waals surface area (Å²) in [6.07, 6.45) is 3.40. The lowest BCUT2D eigenvalue weighted by molar-refractivity contribution is -0.113. The molecule has 2 aromatic carbocycles. The van der Waals surface area contributed by atoms with Gasteiger partial charge >= 0.3 is 0 Å². The number of amides is 1. The van der Waals surface area contributed by atoms with Gasteiger partial charge in [-0.2, -0.15) is 0 Å². The van der Waals surface area contributed by atoms with Crippen molar-refractivity contribution in [1.29, 1.82) is 0 Å². The number of nitrogens with one attached hydrogen (secondary N) is 1. The first-order valence-corrected chi connectivity index (χ1v) is 10.7. The molecule has 0 aliphatic heterocycles. The standard InChI is InChI=1S/C21H15BrFN5OS/c22-15-8-9-18(17(23)11-15)25-19(29)13-30-21-27-26-20(14-5-4-10-24-12-14)28(21)16-6-2-1-3-7-16/h1-12H,13H2,(H,25,29). The zero-order valence-corrected chi connectivity index (χ0v) is 17.9. The summed E-state index contributed by atoms with van der Waals surface area (Å²) < 4.78 is 16.4. The Morgan fingerprint density at radius 2 is 1.93 bits per heavy atom.